The Hall–Kier alpha value is -0.540. The number of nitrogens with zero attached hydrogens (tertiary/aromatic N) is 1. The maximum Gasteiger partial charge on any atom is 0.0513 e. The fourth-order valence-corrected chi connectivity index (χ4v) is 3.35. The molecule has 0 amide bonds. The Labute approximate surface area is 138 Å². The minimum absolute atomic E-state index is 0.412. The van der Waals surface area contributed by atoms with Crippen LogP contribution in [-0.2, 0) is 0 Å². The topological polar surface area (TPSA) is 15.3 Å². The standard InChI is InChI=1S/C18H29BrN2/c1-5-10-20-14(4)15-6-9-18(17(19)11-15)21(12-13(2)3)16-7-8-16/h6,9,11,13-14,16,20H,5,7-8,10,12H2,1-4H3. The third kappa shape index (κ3) is 4.72. The van der Waals surface area contributed by atoms with Crippen molar-refractivity contribution in [3.63, 3.8) is 0 Å². The van der Waals surface area contributed by atoms with Gasteiger partial charge < -0.3 is 10.2 Å². The van der Waals surface area contributed by atoms with Crippen LogP contribution in [0, 0.1) is 5.92 Å². The third-order valence-corrected chi connectivity index (χ3v) is 4.67. The lowest BCUT2D eigenvalue weighted by atomic mass is 10.1. The molecule has 1 aliphatic rings. The molecule has 0 saturated heterocycles. The molecule has 2 rings (SSSR count). The Morgan fingerprint density at radius 2 is 2.00 bits per heavy atom. The molecule has 21 heavy (non-hydrogen) atoms. The van der Waals surface area contributed by atoms with E-state index in [0.717, 1.165) is 19.1 Å². The van der Waals surface area contributed by atoms with Gasteiger partial charge in [-0.2, -0.15) is 0 Å². The van der Waals surface area contributed by atoms with E-state index < -0.39 is 0 Å². The molecule has 118 valence electrons. The maximum atomic E-state index is 3.80. The Morgan fingerprint density at radius 1 is 1.29 bits per heavy atom. The molecule has 0 bridgehead atoms. The largest absolute Gasteiger partial charge is 0.367 e. The van der Waals surface area contributed by atoms with Gasteiger partial charge in [-0.3, -0.25) is 0 Å². The van der Waals surface area contributed by atoms with Crippen LogP contribution in [0.1, 0.15) is 58.6 Å². The average Bonchev–Trinajstić information content (AvgIpc) is 3.26. The van der Waals surface area contributed by atoms with Crippen LogP contribution >= 0.6 is 15.9 Å². The van der Waals surface area contributed by atoms with Crippen molar-refractivity contribution in [1.82, 2.24) is 5.32 Å². The zero-order valence-electron chi connectivity index (χ0n) is 13.8. The van der Waals surface area contributed by atoms with Crippen molar-refractivity contribution < 1.29 is 0 Å². The Kier molecular flexibility index (Phi) is 6.12. The summed E-state index contributed by atoms with van der Waals surface area (Å²) in [5.74, 6) is 0.697. The van der Waals surface area contributed by atoms with Gasteiger partial charge in [-0.15, -0.1) is 0 Å². The Bertz CT molecular complexity index is 455. The summed E-state index contributed by atoms with van der Waals surface area (Å²) in [6.45, 7) is 11.3. The number of benzene rings is 1. The van der Waals surface area contributed by atoms with E-state index in [-0.39, 0.29) is 0 Å². The van der Waals surface area contributed by atoms with E-state index in [2.05, 4.69) is 72.0 Å². The normalized spacial score (nSPS) is 16.3. The molecule has 0 aromatic heterocycles. The predicted molar refractivity (Wildman–Crippen MR) is 96.1 cm³/mol. The number of hydrogen-bond acceptors (Lipinski definition) is 2. The number of nitrogens with one attached hydrogen (secondary N) is 1. The van der Waals surface area contributed by atoms with E-state index in [1.165, 1.54) is 35.0 Å². The highest BCUT2D eigenvalue weighted by molar-refractivity contribution is 9.10. The Balaban J connectivity index is 2.13. The highest BCUT2D eigenvalue weighted by Gasteiger charge is 2.30. The molecule has 0 radical (unpaired) electrons. The van der Waals surface area contributed by atoms with E-state index in [1.54, 1.807) is 0 Å². The lowest BCUT2D eigenvalue weighted by molar-refractivity contribution is 0.570. The molecule has 1 unspecified atom stereocenters. The van der Waals surface area contributed by atoms with Crippen molar-refractivity contribution in [3.05, 3.63) is 28.2 Å². The highest BCUT2D eigenvalue weighted by atomic mass is 79.9. The van der Waals surface area contributed by atoms with Crippen molar-refractivity contribution in [3.8, 4) is 0 Å². The molecule has 0 heterocycles. The van der Waals surface area contributed by atoms with Crippen molar-refractivity contribution in [2.45, 2.75) is 59.0 Å². The van der Waals surface area contributed by atoms with Gasteiger partial charge in [0.05, 0.1) is 5.69 Å². The van der Waals surface area contributed by atoms with E-state index in [1.807, 2.05) is 0 Å². The van der Waals surface area contributed by atoms with Crippen LogP contribution in [0.15, 0.2) is 22.7 Å². The molecule has 0 aliphatic heterocycles. The fourth-order valence-electron chi connectivity index (χ4n) is 2.73. The molecule has 1 aromatic carbocycles. The molecule has 3 heteroatoms. The Morgan fingerprint density at radius 3 is 2.52 bits per heavy atom. The van der Waals surface area contributed by atoms with Crippen LogP contribution in [0.5, 0.6) is 0 Å². The van der Waals surface area contributed by atoms with Crippen molar-refractivity contribution in [1.29, 1.82) is 0 Å². The van der Waals surface area contributed by atoms with Crippen molar-refractivity contribution in [2.24, 2.45) is 5.92 Å². The smallest absolute Gasteiger partial charge is 0.0513 e. The summed E-state index contributed by atoms with van der Waals surface area (Å²) in [5, 5.41) is 3.56. The lowest BCUT2D eigenvalue weighted by Crippen LogP contribution is -2.30. The van der Waals surface area contributed by atoms with Crippen molar-refractivity contribution in [2.75, 3.05) is 18.0 Å². The highest BCUT2D eigenvalue weighted by Crippen LogP contribution is 2.37. The van der Waals surface area contributed by atoms with E-state index >= 15 is 0 Å². The summed E-state index contributed by atoms with van der Waals surface area (Å²) in [4.78, 5) is 2.59. The zero-order chi connectivity index (χ0) is 15.4. The second kappa shape index (κ2) is 7.64. The first kappa shape index (κ1) is 16.8. The van der Waals surface area contributed by atoms with Crippen LogP contribution in [0.2, 0.25) is 0 Å². The molecule has 1 aromatic rings. The lowest BCUT2D eigenvalue weighted by Gasteiger charge is -2.28. The molecule has 1 saturated carbocycles. The van der Waals surface area contributed by atoms with Gasteiger partial charge in [0.1, 0.15) is 0 Å². The molecule has 1 N–H and O–H groups in total. The first-order valence-corrected chi connectivity index (χ1v) is 9.11. The van der Waals surface area contributed by atoms with Gasteiger partial charge in [0.25, 0.3) is 0 Å². The average molecular weight is 353 g/mol. The zero-order valence-corrected chi connectivity index (χ0v) is 15.4. The fraction of sp³-hybridized carbons (Fsp3) is 0.667. The SMILES string of the molecule is CCCNC(C)c1ccc(N(CC(C)C)C2CC2)c(Br)c1. The van der Waals surface area contributed by atoms with E-state index in [9.17, 15) is 0 Å². The summed E-state index contributed by atoms with van der Waals surface area (Å²) >= 11 is 3.80. The van der Waals surface area contributed by atoms with Crippen LogP contribution in [-0.4, -0.2) is 19.1 Å². The van der Waals surface area contributed by atoms with Crippen LogP contribution < -0.4 is 10.2 Å². The number of rotatable bonds is 8. The number of hydrogen-bond donors (Lipinski definition) is 1. The molecule has 0 spiro atoms. The quantitative estimate of drug-likeness (QED) is 0.697. The summed E-state index contributed by atoms with van der Waals surface area (Å²) in [7, 11) is 0. The minimum Gasteiger partial charge on any atom is -0.367 e. The number of halogens is 1. The summed E-state index contributed by atoms with van der Waals surface area (Å²) < 4.78 is 1.23. The molecular weight excluding hydrogens is 324 g/mol. The second-order valence-electron chi connectivity index (χ2n) is 6.66. The molecule has 1 atom stereocenters. The van der Waals surface area contributed by atoms with Gasteiger partial charge in [-0.25, -0.2) is 0 Å². The van der Waals surface area contributed by atoms with E-state index in [4.69, 9.17) is 0 Å². The minimum atomic E-state index is 0.412. The number of anilines is 1. The summed E-state index contributed by atoms with van der Waals surface area (Å²) in [6.07, 6.45) is 3.86. The van der Waals surface area contributed by atoms with Crippen LogP contribution in [0.25, 0.3) is 0 Å². The van der Waals surface area contributed by atoms with Crippen LogP contribution in [0.3, 0.4) is 0 Å². The van der Waals surface area contributed by atoms with Gasteiger partial charge in [0, 0.05) is 23.1 Å². The monoisotopic (exact) mass is 352 g/mol. The third-order valence-electron chi connectivity index (χ3n) is 4.03. The predicted octanol–water partition coefficient (Wildman–Crippen LogP) is 5.13. The first-order chi connectivity index (χ1) is 10.0. The maximum absolute atomic E-state index is 3.80. The van der Waals surface area contributed by atoms with Gasteiger partial charge in [-0.1, -0.05) is 26.8 Å². The van der Waals surface area contributed by atoms with Crippen LogP contribution in [0.4, 0.5) is 5.69 Å². The van der Waals surface area contributed by atoms with Gasteiger partial charge in [-0.05, 0) is 72.3 Å². The molecule has 2 nitrogen and oxygen atoms in total. The van der Waals surface area contributed by atoms with Gasteiger partial charge in [0.2, 0.25) is 0 Å². The summed E-state index contributed by atoms with van der Waals surface area (Å²) in [5.41, 5.74) is 2.72. The van der Waals surface area contributed by atoms with E-state index in [0.29, 0.717) is 12.0 Å². The second-order valence-corrected chi connectivity index (χ2v) is 7.52. The molecular formula is C18H29BrN2. The van der Waals surface area contributed by atoms with Gasteiger partial charge >= 0.3 is 0 Å². The molecule has 1 fully saturated rings. The summed E-state index contributed by atoms with van der Waals surface area (Å²) in [6, 6.07) is 8.03. The van der Waals surface area contributed by atoms with Gasteiger partial charge in [0.15, 0.2) is 0 Å². The van der Waals surface area contributed by atoms with Crippen molar-refractivity contribution >= 4 is 21.6 Å². The molecule has 1 aliphatic carbocycles. The first-order valence-electron chi connectivity index (χ1n) is 8.32.